The minimum absolute atomic E-state index is 0.139. The Morgan fingerprint density at radius 2 is 2.00 bits per heavy atom. The van der Waals surface area contributed by atoms with Crippen LogP contribution in [0.3, 0.4) is 0 Å². The summed E-state index contributed by atoms with van der Waals surface area (Å²) in [5.74, 6) is -1.01. The highest BCUT2D eigenvalue weighted by atomic mass is 19.1. The minimum atomic E-state index is -0.894. The SMILES string of the molecule is O=C(O)/C=C1\CCCCC1c1ccc(F)cc1. The third-order valence-corrected chi connectivity index (χ3v) is 3.24. The second-order valence-corrected chi connectivity index (χ2v) is 4.41. The van der Waals surface area contributed by atoms with E-state index in [4.69, 9.17) is 5.11 Å². The summed E-state index contributed by atoms with van der Waals surface area (Å²) >= 11 is 0. The highest BCUT2D eigenvalue weighted by Gasteiger charge is 2.21. The molecule has 1 aromatic carbocycles. The number of benzene rings is 1. The lowest BCUT2D eigenvalue weighted by Gasteiger charge is -2.25. The molecule has 1 aliphatic carbocycles. The Hall–Kier alpha value is -1.64. The first-order chi connectivity index (χ1) is 8.16. The molecule has 0 saturated heterocycles. The van der Waals surface area contributed by atoms with E-state index in [0.29, 0.717) is 0 Å². The molecule has 1 aromatic rings. The predicted molar refractivity (Wildman–Crippen MR) is 63.3 cm³/mol. The van der Waals surface area contributed by atoms with E-state index in [1.165, 1.54) is 18.2 Å². The van der Waals surface area contributed by atoms with Crippen LogP contribution in [-0.4, -0.2) is 11.1 Å². The van der Waals surface area contributed by atoms with Gasteiger partial charge in [0.1, 0.15) is 5.82 Å². The van der Waals surface area contributed by atoms with E-state index < -0.39 is 5.97 Å². The lowest BCUT2D eigenvalue weighted by Crippen LogP contribution is -2.10. The quantitative estimate of drug-likeness (QED) is 0.795. The lowest BCUT2D eigenvalue weighted by atomic mass is 9.79. The Balaban J connectivity index is 2.27. The van der Waals surface area contributed by atoms with E-state index >= 15 is 0 Å². The van der Waals surface area contributed by atoms with Crippen LogP contribution in [-0.2, 0) is 4.79 Å². The van der Waals surface area contributed by atoms with Crippen molar-refractivity contribution in [1.82, 2.24) is 0 Å². The van der Waals surface area contributed by atoms with Crippen LogP contribution in [0.2, 0.25) is 0 Å². The summed E-state index contributed by atoms with van der Waals surface area (Å²) in [5.41, 5.74) is 1.97. The van der Waals surface area contributed by atoms with Gasteiger partial charge in [0.05, 0.1) is 0 Å². The zero-order valence-corrected chi connectivity index (χ0v) is 9.53. The second-order valence-electron chi connectivity index (χ2n) is 4.41. The van der Waals surface area contributed by atoms with Crippen LogP contribution >= 0.6 is 0 Å². The smallest absolute Gasteiger partial charge is 0.328 e. The molecule has 0 aliphatic heterocycles. The Kier molecular flexibility index (Phi) is 3.57. The first-order valence-corrected chi connectivity index (χ1v) is 5.85. The van der Waals surface area contributed by atoms with Crippen molar-refractivity contribution in [2.45, 2.75) is 31.6 Å². The monoisotopic (exact) mass is 234 g/mol. The van der Waals surface area contributed by atoms with Crippen LogP contribution in [0.4, 0.5) is 4.39 Å². The van der Waals surface area contributed by atoms with E-state index in [0.717, 1.165) is 36.8 Å². The molecule has 1 fully saturated rings. The molecule has 0 amide bonds. The molecule has 1 aliphatic rings. The van der Waals surface area contributed by atoms with Crippen molar-refractivity contribution in [3.8, 4) is 0 Å². The lowest BCUT2D eigenvalue weighted by molar-refractivity contribution is -0.131. The Morgan fingerprint density at radius 3 is 2.65 bits per heavy atom. The molecule has 0 bridgehead atoms. The largest absolute Gasteiger partial charge is 0.478 e. The average molecular weight is 234 g/mol. The Labute approximate surface area is 99.8 Å². The summed E-state index contributed by atoms with van der Waals surface area (Å²) in [6, 6.07) is 6.37. The molecule has 1 atom stereocenters. The minimum Gasteiger partial charge on any atom is -0.478 e. The van der Waals surface area contributed by atoms with Gasteiger partial charge in [0.15, 0.2) is 0 Å². The summed E-state index contributed by atoms with van der Waals surface area (Å²) in [7, 11) is 0. The summed E-state index contributed by atoms with van der Waals surface area (Å²) in [6.07, 6.45) is 5.22. The number of carbonyl (C=O) groups is 1. The number of hydrogen-bond acceptors (Lipinski definition) is 1. The highest BCUT2D eigenvalue weighted by molar-refractivity contribution is 5.81. The van der Waals surface area contributed by atoms with E-state index in [1.807, 2.05) is 0 Å². The van der Waals surface area contributed by atoms with Gasteiger partial charge in [-0.25, -0.2) is 9.18 Å². The summed E-state index contributed by atoms with van der Waals surface area (Å²) in [4.78, 5) is 10.8. The Bertz CT molecular complexity index is 434. The summed E-state index contributed by atoms with van der Waals surface area (Å²) in [6.45, 7) is 0. The van der Waals surface area contributed by atoms with Crippen molar-refractivity contribution in [1.29, 1.82) is 0 Å². The fourth-order valence-corrected chi connectivity index (χ4v) is 2.44. The van der Waals surface area contributed by atoms with Crippen molar-refractivity contribution in [2.75, 3.05) is 0 Å². The number of hydrogen-bond donors (Lipinski definition) is 1. The molecule has 0 spiro atoms. The Morgan fingerprint density at radius 1 is 1.29 bits per heavy atom. The van der Waals surface area contributed by atoms with Crippen LogP contribution in [0.5, 0.6) is 0 Å². The normalized spacial score (nSPS) is 22.6. The van der Waals surface area contributed by atoms with Crippen molar-refractivity contribution in [2.24, 2.45) is 0 Å². The number of allylic oxidation sites excluding steroid dienone is 1. The second kappa shape index (κ2) is 5.13. The van der Waals surface area contributed by atoms with Gasteiger partial charge in [-0.05, 0) is 37.0 Å². The van der Waals surface area contributed by atoms with E-state index in [1.54, 1.807) is 12.1 Å². The molecule has 1 N–H and O–H groups in total. The molecule has 1 saturated carbocycles. The van der Waals surface area contributed by atoms with E-state index in [-0.39, 0.29) is 11.7 Å². The molecule has 3 heteroatoms. The van der Waals surface area contributed by atoms with Crippen LogP contribution in [0.25, 0.3) is 0 Å². The third kappa shape index (κ3) is 2.93. The molecule has 17 heavy (non-hydrogen) atoms. The number of halogens is 1. The van der Waals surface area contributed by atoms with Gasteiger partial charge in [-0.1, -0.05) is 24.1 Å². The first-order valence-electron chi connectivity index (χ1n) is 5.85. The van der Waals surface area contributed by atoms with Crippen LogP contribution < -0.4 is 0 Å². The zero-order chi connectivity index (χ0) is 12.3. The van der Waals surface area contributed by atoms with Crippen molar-refractivity contribution in [3.63, 3.8) is 0 Å². The zero-order valence-electron chi connectivity index (χ0n) is 9.53. The standard InChI is InChI=1S/C14H15FO2/c15-12-7-5-10(6-8-12)13-4-2-1-3-11(13)9-14(16)17/h5-9,13H,1-4H2,(H,16,17)/b11-9+. The molecular formula is C14H15FO2. The fourth-order valence-electron chi connectivity index (χ4n) is 2.44. The van der Waals surface area contributed by atoms with Gasteiger partial charge in [0, 0.05) is 12.0 Å². The van der Waals surface area contributed by atoms with E-state index in [2.05, 4.69) is 0 Å². The maximum absolute atomic E-state index is 12.9. The molecule has 2 nitrogen and oxygen atoms in total. The van der Waals surface area contributed by atoms with Crippen molar-refractivity contribution < 1.29 is 14.3 Å². The third-order valence-electron chi connectivity index (χ3n) is 3.24. The van der Waals surface area contributed by atoms with Crippen LogP contribution in [0.1, 0.15) is 37.2 Å². The fraction of sp³-hybridized carbons (Fsp3) is 0.357. The molecule has 0 heterocycles. The molecule has 0 radical (unpaired) electrons. The van der Waals surface area contributed by atoms with Gasteiger partial charge in [-0.15, -0.1) is 0 Å². The van der Waals surface area contributed by atoms with Gasteiger partial charge in [0.25, 0.3) is 0 Å². The van der Waals surface area contributed by atoms with Gasteiger partial charge in [0.2, 0.25) is 0 Å². The number of rotatable bonds is 2. The molecule has 90 valence electrons. The molecule has 2 rings (SSSR count). The van der Waals surface area contributed by atoms with E-state index in [9.17, 15) is 9.18 Å². The summed E-state index contributed by atoms with van der Waals surface area (Å²) < 4.78 is 12.9. The van der Waals surface area contributed by atoms with Gasteiger partial charge < -0.3 is 5.11 Å². The van der Waals surface area contributed by atoms with Crippen molar-refractivity contribution in [3.05, 3.63) is 47.3 Å². The van der Waals surface area contributed by atoms with Gasteiger partial charge in [-0.3, -0.25) is 0 Å². The number of aliphatic carboxylic acids is 1. The summed E-state index contributed by atoms with van der Waals surface area (Å²) in [5, 5.41) is 8.84. The van der Waals surface area contributed by atoms with Crippen molar-refractivity contribution >= 4 is 5.97 Å². The number of carboxylic acid groups (broad SMARTS) is 1. The predicted octanol–water partition coefficient (Wildman–Crippen LogP) is 3.49. The highest BCUT2D eigenvalue weighted by Crippen LogP contribution is 2.37. The first kappa shape index (κ1) is 11.8. The average Bonchev–Trinajstić information content (AvgIpc) is 2.30. The maximum atomic E-state index is 12.9. The molecule has 0 aromatic heterocycles. The maximum Gasteiger partial charge on any atom is 0.328 e. The van der Waals surface area contributed by atoms with Crippen LogP contribution in [0, 0.1) is 5.82 Å². The van der Waals surface area contributed by atoms with Gasteiger partial charge >= 0.3 is 5.97 Å². The van der Waals surface area contributed by atoms with Crippen LogP contribution in [0.15, 0.2) is 35.9 Å². The van der Waals surface area contributed by atoms with Gasteiger partial charge in [-0.2, -0.15) is 0 Å². The molecule has 1 unspecified atom stereocenters. The topological polar surface area (TPSA) is 37.3 Å². The molecular weight excluding hydrogens is 219 g/mol. The number of carboxylic acids is 1.